The molecule has 0 aromatic rings. The van der Waals surface area contributed by atoms with Crippen molar-refractivity contribution in [3.8, 4) is 0 Å². The van der Waals surface area contributed by atoms with Crippen LogP contribution in [-0.2, 0) is 9.59 Å². The molecule has 0 aliphatic heterocycles. The Bertz CT molecular complexity index is 744. The summed E-state index contributed by atoms with van der Waals surface area (Å²) in [6.45, 7) is 7.86. The largest absolute Gasteiger partial charge is 0.389 e. The highest BCUT2D eigenvalue weighted by Crippen LogP contribution is 2.64. The number of nitrogens with one attached hydrogen (secondary N) is 2. The number of amides is 2. The van der Waals surface area contributed by atoms with Crippen LogP contribution in [0, 0.1) is 34.5 Å². The van der Waals surface area contributed by atoms with Crippen molar-refractivity contribution in [2.75, 3.05) is 0 Å². The van der Waals surface area contributed by atoms with Gasteiger partial charge in [0.25, 0.3) is 0 Å². The van der Waals surface area contributed by atoms with Crippen LogP contribution in [0.5, 0.6) is 0 Å². The minimum atomic E-state index is -0.408. The summed E-state index contributed by atoms with van der Waals surface area (Å²) in [5, 5.41) is 16.6. The molecule has 4 aliphatic carbocycles. The minimum Gasteiger partial charge on any atom is -0.389 e. The lowest BCUT2D eigenvalue weighted by atomic mass is 9.47. The smallest absolute Gasteiger partial charge is 0.220 e. The molecule has 0 aromatic carbocycles. The Morgan fingerprint density at radius 2 is 1.86 bits per heavy atom. The number of allylic oxidation sites excluding steroid dienone is 3. The molecule has 0 saturated heterocycles. The molecule has 3 N–H and O–H groups in total. The van der Waals surface area contributed by atoms with E-state index in [-0.39, 0.29) is 34.6 Å². The first kappa shape index (κ1) is 19.7. The maximum absolute atomic E-state index is 12.0. The van der Waals surface area contributed by atoms with Crippen molar-refractivity contribution in [2.45, 2.75) is 71.9 Å². The predicted octanol–water partition coefficient (Wildman–Crippen LogP) is 2.91. The van der Waals surface area contributed by atoms with Crippen LogP contribution >= 0.6 is 0 Å². The first-order valence-electron chi connectivity index (χ1n) is 10.8. The zero-order valence-corrected chi connectivity index (χ0v) is 17.5. The Morgan fingerprint density at radius 3 is 2.54 bits per heavy atom. The highest BCUT2D eigenvalue weighted by atomic mass is 16.3. The van der Waals surface area contributed by atoms with Crippen LogP contribution in [0.1, 0.15) is 59.8 Å². The summed E-state index contributed by atoms with van der Waals surface area (Å²) < 4.78 is 0. The Labute approximate surface area is 168 Å². The van der Waals surface area contributed by atoms with Gasteiger partial charge in [0, 0.05) is 31.5 Å². The molecule has 0 radical (unpaired) electrons. The molecule has 2 fully saturated rings. The van der Waals surface area contributed by atoms with Crippen molar-refractivity contribution in [1.82, 2.24) is 10.6 Å². The number of hydrogen-bond donors (Lipinski definition) is 3. The second-order valence-electron chi connectivity index (χ2n) is 10.1. The first-order chi connectivity index (χ1) is 13.1. The molecule has 5 nitrogen and oxygen atoms in total. The van der Waals surface area contributed by atoms with Gasteiger partial charge in [-0.25, -0.2) is 0 Å². The minimum absolute atomic E-state index is 0.0132. The second-order valence-corrected chi connectivity index (χ2v) is 10.1. The molecule has 5 heteroatoms. The first-order valence-corrected chi connectivity index (χ1v) is 10.8. The monoisotopic (exact) mass is 386 g/mol. The van der Waals surface area contributed by atoms with E-state index >= 15 is 0 Å². The van der Waals surface area contributed by atoms with E-state index in [1.54, 1.807) is 13.8 Å². The third-order valence-corrected chi connectivity index (χ3v) is 8.48. The molecular formula is C23H34N2O3. The number of hydrogen-bond acceptors (Lipinski definition) is 3. The summed E-state index contributed by atoms with van der Waals surface area (Å²) in [7, 11) is 0. The summed E-state index contributed by atoms with van der Waals surface area (Å²) in [5.74, 6) is 1.45. The van der Waals surface area contributed by atoms with E-state index in [9.17, 15) is 14.7 Å². The fourth-order valence-corrected chi connectivity index (χ4v) is 7.09. The Balaban J connectivity index is 1.74. The van der Waals surface area contributed by atoms with Crippen LogP contribution in [0.2, 0.25) is 0 Å². The molecule has 0 heterocycles. The average Bonchev–Trinajstić information content (AvgIpc) is 2.92. The van der Waals surface area contributed by atoms with E-state index in [2.05, 4.69) is 36.6 Å². The molecule has 2 saturated carbocycles. The van der Waals surface area contributed by atoms with Gasteiger partial charge in [-0.15, -0.1) is 0 Å². The van der Waals surface area contributed by atoms with Gasteiger partial charge in [0.15, 0.2) is 0 Å². The predicted molar refractivity (Wildman–Crippen MR) is 108 cm³/mol. The van der Waals surface area contributed by atoms with Crippen LogP contribution in [0.25, 0.3) is 0 Å². The van der Waals surface area contributed by atoms with Crippen molar-refractivity contribution < 1.29 is 14.7 Å². The number of carbonyl (C=O) groups excluding carboxylic acids is 2. The van der Waals surface area contributed by atoms with E-state index in [0.29, 0.717) is 17.8 Å². The average molecular weight is 387 g/mol. The highest BCUT2D eigenvalue weighted by Gasteiger charge is 2.60. The molecule has 4 rings (SSSR count). The van der Waals surface area contributed by atoms with Gasteiger partial charge in [-0.1, -0.05) is 32.1 Å². The molecule has 8 atom stereocenters. The third-order valence-electron chi connectivity index (χ3n) is 8.48. The van der Waals surface area contributed by atoms with E-state index in [4.69, 9.17) is 0 Å². The van der Waals surface area contributed by atoms with Crippen LogP contribution < -0.4 is 10.6 Å². The van der Waals surface area contributed by atoms with Gasteiger partial charge in [0.2, 0.25) is 11.8 Å². The third kappa shape index (κ3) is 2.94. The zero-order valence-electron chi connectivity index (χ0n) is 17.5. The maximum atomic E-state index is 12.0. The van der Waals surface area contributed by atoms with Gasteiger partial charge in [0.05, 0.1) is 6.10 Å². The Kier molecular flexibility index (Phi) is 4.72. The van der Waals surface area contributed by atoms with E-state index in [0.717, 1.165) is 37.8 Å². The van der Waals surface area contributed by atoms with Crippen LogP contribution in [0.15, 0.2) is 23.9 Å². The molecule has 2 amide bonds. The Hall–Kier alpha value is -1.62. The van der Waals surface area contributed by atoms with Crippen molar-refractivity contribution in [3.63, 3.8) is 0 Å². The van der Waals surface area contributed by atoms with Gasteiger partial charge in [0.1, 0.15) is 0 Å². The highest BCUT2D eigenvalue weighted by molar-refractivity contribution is 5.75. The van der Waals surface area contributed by atoms with Crippen molar-refractivity contribution in [2.24, 2.45) is 34.5 Å². The van der Waals surface area contributed by atoms with Crippen molar-refractivity contribution >= 4 is 11.8 Å². The number of aliphatic hydroxyl groups is 1. The summed E-state index contributed by atoms with van der Waals surface area (Å²) in [6.07, 6.45) is 11.0. The summed E-state index contributed by atoms with van der Waals surface area (Å²) in [5.41, 5.74) is 1.13. The fraction of sp³-hybridized carbons (Fsp3) is 0.739. The van der Waals surface area contributed by atoms with Gasteiger partial charge in [-0.05, 0) is 60.7 Å². The van der Waals surface area contributed by atoms with Gasteiger partial charge in [-0.2, -0.15) is 0 Å². The molecule has 0 spiro atoms. The lowest BCUT2D eigenvalue weighted by Crippen LogP contribution is -2.56. The SMILES string of the molecule is CC(=O)NC1=CC2C[C@@H](O)C=C[C@]2(C)[C@H]2CC[C@]3(C)[C@@H](NC(C)=O)CC[C@H]3[C@H]12. The standard InChI is InChI=1S/C23H34N2O3/c1-13(26)24-19-12-15-11-16(28)7-9-22(15,3)18-8-10-23(4)17(21(18)19)5-6-20(23)25-14(2)27/h7,9,12,15-18,20-21,28H,5-6,8,10-11H2,1-4H3,(H,24,26)(H,25,27)/t15?,16-,17-,18-,20-,21-,22-,23-/m0/s1. The zero-order chi connectivity index (χ0) is 20.3. The summed E-state index contributed by atoms with van der Waals surface area (Å²) >= 11 is 0. The van der Waals surface area contributed by atoms with Gasteiger partial charge >= 0.3 is 0 Å². The van der Waals surface area contributed by atoms with Gasteiger partial charge < -0.3 is 15.7 Å². The summed E-state index contributed by atoms with van der Waals surface area (Å²) in [4.78, 5) is 23.8. The van der Waals surface area contributed by atoms with Crippen molar-refractivity contribution in [1.29, 1.82) is 0 Å². The maximum Gasteiger partial charge on any atom is 0.220 e. The number of fused-ring (bicyclic) bond motifs is 5. The lowest BCUT2D eigenvalue weighted by Gasteiger charge is -2.58. The quantitative estimate of drug-likeness (QED) is 0.639. The molecule has 154 valence electrons. The van der Waals surface area contributed by atoms with Gasteiger partial charge in [-0.3, -0.25) is 9.59 Å². The molecule has 28 heavy (non-hydrogen) atoms. The van der Waals surface area contributed by atoms with Crippen LogP contribution in [0.4, 0.5) is 0 Å². The topological polar surface area (TPSA) is 78.4 Å². The molecular weight excluding hydrogens is 352 g/mol. The number of aliphatic hydroxyl groups excluding tert-OH is 1. The van der Waals surface area contributed by atoms with Crippen LogP contribution in [-0.4, -0.2) is 29.1 Å². The number of carbonyl (C=O) groups is 2. The normalized spacial score (nSPS) is 46.7. The fourth-order valence-electron chi connectivity index (χ4n) is 7.09. The molecule has 0 aromatic heterocycles. The lowest BCUT2D eigenvalue weighted by molar-refractivity contribution is -0.121. The number of rotatable bonds is 2. The summed E-state index contributed by atoms with van der Waals surface area (Å²) in [6, 6.07) is 0.212. The van der Waals surface area contributed by atoms with Crippen LogP contribution in [0.3, 0.4) is 0 Å². The second kappa shape index (κ2) is 6.72. The Morgan fingerprint density at radius 1 is 1.11 bits per heavy atom. The molecule has 4 aliphatic rings. The molecule has 1 unspecified atom stereocenters. The van der Waals surface area contributed by atoms with Crippen molar-refractivity contribution in [3.05, 3.63) is 23.9 Å². The van der Waals surface area contributed by atoms with E-state index < -0.39 is 6.10 Å². The van der Waals surface area contributed by atoms with E-state index in [1.165, 1.54) is 0 Å². The molecule has 0 bridgehead atoms. The van der Waals surface area contributed by atoms with E-state index in [1.807, 2.05) is 6.08 Å².